The van der Waals surface area contributed by atoms with Gasteiger partial charge in [0.05, 0.1) is 24.5 Å². The number of hydrogen-bond acceptors (Lipinski definition) is 7. The summed E-state index contributed by atoms with van der Waals surface area (Å²) in [7, 11) is 0. The van der Waals surface area contributed by atoms with Crippen molar-refractivity contribution in [2.75, 3.05) is 25.0 Å². The van der Waals surface area contributed by atoms with E-state index in [0.29, 0.717) is 25.4 Å². The molecule has 0 saturated carbocycles. The molecule has 0 bridgehead atoms. The molecule has 2 aliphatic rings. The molecular weight excluding hydrogens is 412 g/mol. The van der Waals surface area contributed by atoms with Crippen LogP contribution in [0.4, 0.5) is 10.8 Å². The van der Waals surface area contributed by atoms with Crippen LogP contribution < -0.4 is 5.32 Å². The van der Waals surface area contributed by atoms with Crippen LogP contribution in [0.2, 0.25) is 0 Å². The molecule has 1 amide bonds. The molecule has 1 atom stereocenters. The first kappa shape index (κ1) is 20.1. The van der Waals surface area contributed by atoms with Crippen molar-refractivity contribution in [2.45, 2.75) is 45.6 Å². The van der Waals surface area contributed by atoms with Gasteiger partial charge in [0.15, 0.2) is 10.8 Å². The van der Waals surface area contributed by atoms with E-state index in [2.05, 4.69) is 25.5 Å². The van der Waals surface area contributed by atoms with Crippen molar-refractivity contribution >= 4 is 28.1 Å². The highest BCUT2D eigenvalue weighted by atomic mass is 32.1. The van der Waals surface area contributed by atoms with Crippen LogP contribution >= 0.6 is 11.3 Å². The van der Waals surface area contributed by atoms with Crippen LogP contribution in [-0.4, -0.2) is 50.7 Å². The predicted molar refractivity (Wildman–Crippen MR) is 119 cm³/mol. The molecule has 0 spiro atoms. The zero-order valence-electron chi connectivity index (χ0n) is 17.8. The Hall–Kier alpha value is -2.78. The van der Waals surface area contributed by atoms with Gasteiger partial charge in [-0.15, -0.1) is 11.3 Å². The van der Waals surface area contributed by atoms with E-state index in [1.54, 1.807) is 11.3 Å². The second-order valence-corrected chi connectivity index (χ2v) is 9.05. The van der Waals surface area contributed by atoms with Gasteiger partial charge < -0.3 is 15.0 Å². The topological polar surface area (TPSA) is 96.0 Å². The Kier molecular flexibility index (Phi) is 5.45. The lowest BCUT2D eigenvalue weighted by atomic mass is 9.95. The second-order valence-electron chi connectivity index (χ2n) is 8.19. The Bertz CT molecular complexity index is 1110. The molecule has 2 N–H and O–H groups in total. The maximum Gasteiger partial charge on any atom is 0.274 e. The Balaban J connectivity index is 1.34. The van der Waals surface area contributed by atoms with Crippen molar-refractivity contribution in [2.24, 2.45) is 0 Å². The zero-order valence-corrected chi connectivity index (χ0v) is 18.6. The SMILES string of the molecule is Cc1cc(Nc2nc(C)cs2)cc([C@H]2CN(C(=O)c3n[nH]c4c3CCCC4)CCO2)n1. The van der Waals surface area contributed by atoms with Gasteiger partial charge in [0.1, 0.15) is 6.10 Å². The van der Waals surface area contributed by atoms with Crippen molar-refractivity contribution in [1.29, 1.82) is 0 Å². The summed E-state index contributed by atoms with van der Waals surface area (Å²) >= 11 is 1.57. The van der Waals surface area contributed by atoms with Crippen LogP contribution in [0.25, 0.3) is 0 Å². The minimum Gasteiger partial charge on any atom is -0.368 e. The summed E-state index contributed by atoms with van der Waals surface area (Å²) in [6, 6.07) is 3.97. The minimum absolute atomic E-state index is 0.0167. The van der Waals surface area contributed by atoms with E-state index in [9.17, 15) is 4.79 Å². The van der Waals surface area contributed by atoms with Crippen molar-refractivity contribution in [1.82, 2.24) is 25.1 Å². The van der Waals surface area contributed by atoms with Crippen molar-refractivity contribution in [3.8, 4) is 0 Å². The number of pyridine rings is 1. The van der Waals surface area contributed by atoms with Crippen LogP contribution in [0.5, 0.6) is 0 Å². The third kappa shape index (κ3) is 4.20. The molecule has 1 aliphatic carbocycles. The Morgan fingerprint density at radius 3 is 2.94 bits per heavy atom. The normalized spacial score (nSPS) is 18.6. The van der Waals surface area contributed by atoms with E-state index in [4.69, 9.17) is 4.74 Å². The molecule has 31 heavy (non-hydrogen) atoms. The summed E-state index contributed by atoms with van der Waals surface area (Å²) in [5, 5.41) is 13.6. The number of morpholine rings is 1. The van der Waals surface area contributed by atoms with Crippen LogP contribution in [0.3, 0.4) is 0 Å². The number of nitrogens with zero attached hydrogens (tertiary/aromatic N) is 4. The summed E-state index contributed by atoms with van der Waals surface area (Å²) in [5.74, 6) is -0.0167. The number of carbonyl (C=O) groups excluding carboxylic acids is 1. The smallest absolute Gasteiger partial charge is 0.274 e. The van der Waals surface area contributed by atoms with Crippen LogP contribution in [0, 0.1) is 13.8 Å². The third-order valence-electron chi connectivity index (χ3n) is 5.79. The predicted octanol–water partition coefficient (Wildman–Crippen LogP) is 3.71. The van der Waals surface area contributed by atoms with E-state index in [1.807, 2.05) is 36.3 Å². The van der Waals surface area contributed by atoms with E-state index in [-0.39, 0.29) is 12.0 Å². The van der Waals surface area contributed by atoms with Crippen LogP contribution in [0.1, 0.15) is 57.8 Å². The van der Waals surface area contributed by atoms with Gasteiger partial charge in [-0.25, -0.2) is 4.98 Å². The number of aryl methyl sites for hydroxylation is 3. The molecule has 1 saturated heterocycles. The quantitative estimate of drug-likeness (QED) is 0.645. The summed E-state index contributed by atoms with van der Waals surface area (Å²) in [5.41, 5.74) is 6.41. The fourth-order valence-corrected chi connectivity index (χ4v) is 4.99. The first-order valence-electron chi connectivity index (χ1n) is 10.7. The average molecular weight is 439 g/mol. The number of H-pyrrole nitrogens is 1. The number of fused-ring (bicyclic) bond motifs is 1. The number of amides is 1. The second kappa shape index (κ2) is 8.39. The van der Waals surface area contributed by atoms with E-state index in [1.165, 1.54) is 0 Å². The standard InChI is InChI=1S/C22H26N6O2S/c1-13-9-15(25-22-24-14(2)12-31-22)10-18(23-13)19-11-28(7-8-30-19)21(29)20-16-5-3-4-6-17(16)26-27-20/h9-10,12,19H,3-8,11H2,1-2H3,(H,26,27)(H,23,24,25)/t19-/m1/s1. The molecule has 0 aromatic carbocycles. The summed E-state index contributed by atoms with van der Waals surface area (Å²) in [6.45, 7) is 5.44. The number of nitrogens with one attached hydrogen (secondary N) is 2. The fourth-order valence-electron chi connectivity index (χ4n) is 4.29. The Morgan fingerprint density at radius 2 is 2.10 bits per heavy atom. The number of ether oxygens (including phenoxy) is 1. The van der Waals surface area contributed by atoms with Gasteiger partial charge in [0, 0.05) is 34.6 Å². The molecule has 162 valence electrons. The van der Waals surface area contributed by atoms with Gasteiger partial charge in [-0.05, 0) is 51.7 Å². The van der Waals surface area contributed by atoms with E-state index in [0.717, 1.165) is 64.8 Å². The number of rotatable bonds is 4. The minimum atomic E-state index is -0.272. The number of hydrogen-bond donors (Lipinski definition) is 2. The van der Waals surface area contributed by atoms with Gasteiger partial charge in [0.2, 0.25) is 0 Å². The summed E-state index contributed by atoms with van der Waals surface area (Å²) < 4.78 is 6.01. The highest BCUT2D eigenvalue weighted by Crippen LogP contribution is 2.28. The highest BCUT2D eigenvalue weighted by Gasteiger charge is 2.31. The maximum absolute atomic E-state index is 13.2. The molecule has 0 unspecified atom stereocenters. The fraction of sp³-hybridized carbons (Fsp3) is 0.455. The molecule has 8 nitrogen and oxygen atoms in total. The van der Waals surface area contributed by atoms with Gasteiger partial charge in [-0.1, -0.05) is 0 Å². The Labute approximate surface area is 185 Å². The number of thiazole rings is 1. The zero-order chi connectivity index (χ0) is 21.4. The molecule has 9 heteroatoms. The summed E-state index contributed by atoms with van der Waals surface area (Å²) in [6.07, 6.45) is 3.89. The molecule has 3 aromatic rings. The molecule has 1 fully saturated rings. The van der Waals surface area contributed by atoms with Crippen LogP contribution in [-0.2, 0) is 17.6 Å². The average Bonchev–Trinajstić information content (AvgIpc) is 3.39. The number of aromatic nitrogens is 4. The largest absolute Gasteiger partial charge is 0.368 e. The lowest BCUT2D eigenvalue weighted by molar-refractivity contribution is -0.0249. The number of anilines is 2. The van der Waals surface area contributed by atoms with Crippen molar-refractivity contribution in [3.05, 3.63) is 51.5 Å². The van der Waals surface area contributed by atoms with Gasteiger partial charge in [0.25, 0.3) is 5.91 Å². The monoisotopic (exact) mass is 438 g/mol. The first-order valence-corrected chi connectivity index (χ1v) is 11.6. The summed E-state index contributed by atoms with van der Waals surface area (Å²) in [4.78, 5) is 24.2. The molecule has 1 aliphatic heterocycles. The van der Waals surface area contributed by atoms with Crippen molar-refractivity contribution in [3.63, 3.8) is 0 Å². The molecule has 4 heterocycles. The molecule has 3 aromatic heterocycles. The third-order valence-corrected chi connectivity index (χ3v) is 6.66. The van der Waals surface area contributed by atoms with E-state index >= 15 is 0 Å². The van der Waals surface area contributed by atoms with Gasteiger partial charge >= 0.3 is 0 Å². The number of carbonyl (C=O) groups is 1. The van der Waals surface area contributed by atoms with Crippen LogP contribution in [0.15, 0.2) is 17.5 Å². The van der Waals surface area contributed by atoms with Gasteiger partial charge in [-0.2, -0.15) is 5.10 Å². The first-order chi connectivity index (χ1) is 15.1. The number of aromatic amines is 1. The lowest BCUT2D eigenvalue weighted by Gasteiger charge is -2.32. The molecule has 0 radical (unpaired) electrons. The van der Waals surface area contributed by atoms with Crippen molar-refractivity contribution < 1.29 is 9.53 Å². The molecule has 5 rings (SSSR count). The Morgan fingerprint density at radius 1 is 1.23 bits per heavy atom. The lowest BCUT2D eigenvalue weighted by Crippen LogP contribution is -2.43. The van der Waals surface area contributed by atoms with Gasteiger partial charge in [-0.3, -0.25) is 14.9 Å². The maximum atomic E-state index is 13.2. The molecular formula is C22H26N6O2S. The highest BCUT2D eigenvalue weighted by molar-refractivity contribution is 7.13. The van der Waals surface area contributed by atoms with E-state index < -0.39 is 0 Å².